The van der Waals surface area contributed by atoms with Gasteiger partial charge in [-0.3, -0.25) is 4.79 Å². The molecule has 2 rings (SSSR count). The highest BCUT2D eigenvalue weighted by Crippen LogP contribution is 2.19. The molecule has 23 heavy (non-hydrogen) atoms. The molecule has 3 heteroatoms. The van der Waals surface area contributed by atoms with Gasteiger partial charge >= 0.3 is 0 Å². The molecule has 0 unspecified atom stereocenters. The summed E-state index contributed by atoms with van der Waals surface area (Å²) in [5, 5.41) is 3.03. The zero-order chi connectivity index (χ0) is 17.0. The molecule has 0 saturated heterocycles. The predicted octanol–water partition coefficient (Wildman–Crippen LogP) is 4.26. The van der Waals surface area contributed by atoms with Crippen LogP contribution in [0.2, 0.25) is 0 Å². The van der Waals surface area contributed by atoms with Crippen LogP contribution in [0.25, 0.3) is 0 Å². The van der Waals surface area contributed by atoms with E-state index in [-0.39, 0.29) is 11.9 Å². The number of ether oxygens (including phenoxy) is 1. The van der Waals surface area contributed by atoms with Crippen molar-refractivity contribution < 1.29 is 9.53 Å². The molecule has 0 bridgehead atoms. The van der Waals surface area contributed by atoms with E-state index in [2.05, 4.69) is 37.4 Å². The van der Waals surface area contributed by atoms with Gasteiger partial charge in [0, 0.05) is 0 Å². The Bertz CT molecular complexity index is 677. The fourth-order valence-electron chi connectivity index (χ4n) is 2.51. The smallest absolute Gasteiger partial charge is 0.261 e. The van der Waals surface area contributed by atoms with E-state index >= 15 is 0 Å². The second-order valence-electron chi connectivity index (χ2n) is 6.16. The van der Waals surface area contributed by atoms with E-state index in [0.29, 0.717) is 5.75 Å². The van der Waals surface area contributed by atoms with Crippen molar-refractivity contribution in [3.8, 4) is 5.75 Å². The SMILES string of the molecule is Cc1ccc(O[C@@H](C)C(=O)N[C@H](C)c2cc(C)ccc2C)cc1. The van der Waals surface area contributed by atoms with Crippen LogP contribution < -0.4 is 10.1 Å². The molecule has 2 aromatic carbocycles. The maximum atomic E-state index is 12.4. The van der Waals surface area contributed by atoms with Gasteiger partial charge in [0.05, 0.1) is 6.04 Å². The van der Waals surface area contributed by atoms with Crippen LogP contribution in [0.3, 0.4) is 0 Å². The number of carbonyl (C=O) groups is 1. The summed E-state index contributed by atoms with van der Waals surface area (Å²) in [6.07, 6.45) is -0.537. The Labute approximate surface area is 138 Å². The Balaban J connectivity index is 2.00. The molecule has 0 saturated carbocycles. The molecule has 0 aliphatic heterocycles. The summed E-state index contributed by atoms with van der Waals surface area (Å²) in [6.45, 7) is 9.90. The molecular formula is C20H25NO2. The van der Waals surface area contributed by atoms with Crippen molar-refractivity contribution in [3.63, 3.8) is 0 Å². The number of hydrogen-bond donors (Lipinski definition) is 1. The van der Waals surface area contributed by atoms with Crippen LogP contribution >= 0.6 is 0 Å². The first-order chi connectivity index (χ1) is 10.9. The van der Waals surface area contributed by atoms with Gasteiger partial charge in [-0.05, 0) is 57.9 Å². The van der Waals surface area contributed by atoms with E-state index in [9.17, 15) is 4.79 Å². The number of nitrogens with one attached hydrogen (secondary N) is 1. The lowest BCUT2D eigenvalue weighted by atomic mass is 10.00. The monoisotopic (exact) mass is 311 g/mol. The van der Waals surface area contributed by atoms with Crippen LogP contribution in [0.1, 0.15) is 42.1 Å². The summed E-state index contributed by atoms with van der Waals surface area (Å²) in [5.41, 5.74) is 4.67. The van der Waals surface area contributed by atoms with E-state index in [4.69, 9.17) is 4.74 Å². The van der Waals surface area contributed by atoms with E-state index < -0.39 is 6.10 Å². The molecule has 1 amide bonds. The number of rotatable bonds is 5. The Morgan fingerprint density at radius 1 is 0.957 bits per heavy atom. The lowest BCUT2D eigenvalue weighted by Gasteiger charge is -2.20. The number of benzene rings is 2. The molecule has 0 aliphatic rings. The second-order valence-corrected chi connectivity index (χ2v) is 6.16. The largest absolute Gasteiger partial charge is 0.481 e. The van der Waals surface area contributed by atoms with Gasteiger partial charge in [0.2, 0.25) is 0 Å². The molecule has 2 atom stereocenters. The first kappa shape index (κ1) is 17.1. The Morgan fingerprint density at radius 2 is 1.57 bits per heavy atom. The van der Waals surface area contributed by atoms with E-state index in [1.54, 1.807) is 6.92 Å². The van der Waals surface area contributed by atoms with Crippen molar-refractivity contribution in [1.29, 1.82) is 0 Å². The molecule has 0 aliphatic carbocycles. The van der Waals surface area contributed by atoms with Gasteiger partial charge in [-0.25, -0.2) is 0 Å². The normalized spacial score (nSPS) is 13.3. The Morgan fingerprint density at radius 3 is 2.22 bits per heavy atom. The minimum absolute atomic E-state index is 0.0496. The standard InChI is InChI=1S/C20H25NO2/c1-13-7-10-18(11-8-13)23-17(5)20(22)21-16(4)19-12-14(2)6-9-15(19)3/h6-12,16-17H,1-5H3,(H,21,22)/t16-,17+/m1/s1. The zero-order valence-electron chi connectivity index (χ0n) is 14.5. The minimum Gasteiger partial charge on any atom is -0.481 e. The number of hydrogen-bond acceptors (Lipinski definition) is 2. The summed E-state index contributed by atoms with van der Waals surface area (Å²) in [7, 11) is 0. The van der Waals surface area contributed by atoms with Crippen molar-refractivity contribution >= 4 is 5.91 Å². The maximum absolute atomic E-state index is 12.4. The summed E-state index contributed by atoms with van der Waals surface area (Å²) in [6, 6.07) is 13.9. The highest BCUT2D eigenvalue weighted by atomic mass is 16.5. The van der Waals surface area contributed by atoms with Gasteiger partial charge in [-0.2, -0.15) is 0 Å². The molecule has 2 aromatic rings. The second kappa shape index (κ2) is 7.32. The maximum Gasteiger partial charge on any atom is 0.261 e. The molecule has 0 aromatic heterocycles. The summed E-state index contributed by atoms with van der Waals surface area (Å²) in [4.78, 5) is 12.4. The van der Waals surface area contributed by atoms with Crippen molar-refractivity contribution in [2.24, 2.45) is 0 Å². The van der Waals surface area contributed by atoms with Gasteiger partial charge in [-0.15, -0.1) is 0 Å². The molecule has 3 nitrogen and oxygen atoms in total. The third-order valence-electron chi connectivity index (χ3n) is 3.96. The topological polar surface area (TPSA) is 38.3 Å². The first-order valence-corrected chi connectivity index (χ1v) is 7.97. The van der Waals surface area contributed by atoms with Crippen LogP contribution in [-0.4, -0.2) is 12.0 Å². The van der Waals surface area contributed by atoms with Gasteiger partial charge in [0.15, 0.2) is 6.10 Å². The predicted molar refractivity (Wildman–Crippen MR) is 93.7 cm³/mol. The van der Waals surface area contributed by atoms with E-state index in [0.717, 1.165) is 11.1 Å². The number of carbonyl (C=O) groups excluding carboxylic acids is 1. The quantitative estimate of drug-likeness (QED) is 0.896. The van der Waals surface area contributed by atoms with Gasteiger partial charge in [-0.1, -0.05) is 41.5 Å². The van der Waals surface area contributed by atoms with Crippen LogP contribution in [0.15, 0.2) is 42.5 Å². The molecule has 0 spiro atoms. The van der Waals surface area contributed by atoms with Crippen molar-refractivity contribution in [3.05, 3.63) is 64.7 Å². The fourth-order valence-corrected chi connectivity index (χ4v) is 2.51. The minimum atomic E-state index is -0.537. The Kier molecular flexibility index (Phi) is 5.43. The molecular weight excluding hydrogens is 286 g/mol. The summed E-state index contributed by atoms with van der Waals surface area (Å²) in [5.74, 6) is 0.594. The average Bonchev–Trinajstić information content (AvgIpc) is 2.51. The first-order valence-electron chi connectivity index (χ1n) is 7.97. The molecule has 0 radical (unpaired) electrons. The van der Waals surface area contributed by atoms with E-state index in [1.165, 1.54) is 11.1 Å². The lowest BCUT2D eigenvalue weighted by Crippen LogP contribution is -2.38. The van der Waals surface area contributed by atoms with Crippen LogP contribution in [0.4, 0.5) is 0 Å². The molecule has 0 heterocycles. The van der Waals surface area contributed by atoms with Crippen molar-refractivity contribution in [2.45, 2.75) is 46.8 Å². The Hall–Kier alpha value is -2.29. The van der Waals surface area contributed by atoms with Crippen molar-refractivity contribution in [1.82, 2.24) is 5.32 Å². The van der Waals surface area contributed by atoms with Gasteiger partial charge in [0.1, 0.15) is 5.75 Å². The lowest BCUT2D eigenvalue weighted by molar-refractivity contribution is -0.127. The third kappa shape index (κ3) is 4.59. The van der Waals surface area contributed by atoms with Crippen LogP contribution in [0, 0.1) is 20.8 Å². The third-order valence-corrected chi connectivity index (χ3v) is 3.96. The zero-order valence-corrected chi connectivity index (χ0v) is 14.5. The van der Waals surface area contributed by atoms with Crippen molar-refractivity contribution in [2.75, 3.05) is 0 Å². The highest BCUT2D eigenvalue weighted by molar-refractivity contribution is 5.81. The van der Waals surface area contributed by atoms with Crippen LogP contribution in [0.5, 0.6) is 5.75 Å². The van der Waals surface area contributed by atoms with Gasteiger partial charge < -0.3 is 10.1 Å². The average molecular weight is 311 g/mol. The number of aryl methyl sites for hydroxylation is 3. The fraction of sp³-hybridized carbons (Fsp3) is 0.350. The highest BCUT2D eigenvalue weighted by Gasteiger charge is 2.18. The summed E-state index contributed by atoms with van der Waals surface area (Å²) < 4.78 is 5.71. The number of amides is 1. The molecule has 0 fully saturated rings. The summed E-state index contributed by atoms with van der Waals surface area (Å²) >= 11 is 0. The molecule has 122 valence electrons. The van der Waals surface area contributed by atoms with Crippen LogP contribution in [-0.2, 0) is 4.79 Å². The van der Waals surface area contributed by atoms with Gasteiger partial charge in [0.25, 0.3) is 5.91 Å². The van der Waals surface area contributed by atoms with E-state index in [1.807, 2.05) is 38.1 Å². The molecule has 1 N–H and O–H groups in total.